The second kappa shape index (κ2) is 8.49. The first-order chi connectivity index (χ1) is 14.7. The van der Waals surface area contributed by atoms with Crippen molar-refractivity contribution in [3.05, 3.63) is 62.1 Å². The molecule has 0 saturated heterocycles. The summed E-state index contributed by atoms with van der Waals surface area (Å²) in [5, 5.41) is 1.23. The normalized spacial score (nSPS) is 12.1. The molecular weight excluding hydrogens is 522 g/mol. The molecular formula is C21H21BrClN3O5S. The maximum atomic E-state index is 13.4. The minimum absolute atomic E-state index is 0.135. The third-order valence-corrected chi connectivity index (χ3v) is 6.26. The van der Waals surface area contributed by atoms with Gasteiger partial charge in [-0.1, -0.05) is 11.6 Å². The molecule has 1 aromatic heterocycles. The zero-order valence-electron chi connectivity index (χ0n) is 18.0. The monoisotopic (exact) mass is 541 g/mol. The van der Waals surface area contributed by atoms with Crippen LogP contribution in [-0.4, -0.2) is 36.0 Å². The van der Waals surface area contributed by atoms with E-state index >= 15 is 0 Å². The number of amides is 1. The van der Waals surface area contributed by atoms with Gasteiger partial charge in [0.1, 0.15) is 11.9 Å². The van der Waals surface area contributed by atoms with Crippen molar-refractivity contribution in [1.82, 2.24) is 9.66 Å². The number of carbonyl (C=O) groups is 1. The van der Waals surface area contributed by atoms with E-state index in [1.165, 1.54) is 18.2 Å². The van der Waals surface area contributed by atoms with Crippen LogP contribution in [0.3, 0.4) is 0 Å². The Morgan fingerprint density at radius 3 is 2.47 bits per heavy atom. The van der Waals surface area contributed by atoms with Gasteiger partial charge in [-0.25, -0.2) is 18.2 Å². The molecule has 0 atom stereocenters. The number of fused-ring (bicyclic) bond motifs is 1. The minimum Gasteiger partial charge on any atom is -0.442 e. The van der Waals surface area contributed by atoms with Crippen molar-refractivity contribution in [2.24, 2.45) is 0 Å². The predicted octanol–water partition coefficient (Wildman–Crippen LogP) is 4.73. The molecule has 1 heterocycles. The van der Waals surface area contributed by atoms with Gasteiger partial charge in [0.15, 0.2) is 9.84 Å². The number of rotatable bonds is 3. The molecule has 0 unspecified atom stereocenters. The molecule has 2 aromatic carbocycles. The number of aromatic nitrogens is 2. The number of halogens is 2. The summed E-state index contributed by atoms with van der Waals surface area (Å²) in [4.78, 5) is 30.8. The van der Waals surface area contributed by atoms with Crippen molar-refractivity contribution in [2.45, 2.75) is 38.2 Å². The van der Waals surface area contributed by atoms with Gasteiger partial charge in [0, 0.05) is 15.8 Å². The zero-order chi connectivity index (χ0) is 24.0. The number of nitrogens with zero attached hydrogens (tertiary/aromatic N) is 3. The molecule has 8 nitrogen and oxygen atoms in total. The lowest BCUT2D eigenvalue weighted by molar-refractivity contribution is 0.0561. The number of anilines is 1. The molecule has 0 saturated carbocycles. The average Bonchev–Trinajstić information content (AvgIpc) is 2.62. The highest BCUT2D eigenvalue weighted by Crippen LogP contribution is 2.31. The summed E-state index contributed by atoms with van der Waals surface area (Å²) in [6.45, 7) is 6.77. The third kappa shape index (κ3) is 4.97. The van der Waals surface area contributed by atoms with Crippen LogP contribution >= 0.6 is 27.5 Å². The van der Waals surface area contributed by atoms with Crippen molar-refractivity contribution < 1.29 is 17.9 Å². The number of hydrogen-bond acceptors (Lipinski definition) is 6. The van der Waals surface area contributed by atoms with Crippen LogP contribution in [0.1, 0.15) is 26.3 Å². The highest BCUT2D eigenvalue weighted by atomic mass is 79.9. The lowest BCUT2D eigenvalue weighted by Crippen LogP contribution is -2.46. The van der Waals surface area contributed by atoms with Crippen LogP contribution in [0, 0.1) is 6.92 Å². The minimum atomic E-state index is -3.80. The Labute approximate surface area is 198 Å². The van der Waals surface area contributed by atoms with Crippen molar-refractivity contribution in [3.8, 4) is 0 Å². The van der Waals surface area contributed by atoms with Crippen LogP contribution < -0.4 is 10.6 Å². The molecule has 1 amide bonds. The van der Waals surface area contributed by atoms with Gasteiger partial charge in [-0.15, -0.1) is 0 Å². The molecule has 0 aliphatic rings. The van der Waals surface area contributed by atoms with E-state index < -0.39 is 27.1 Å². The Bertz CT molecular complexity index is 1400. The summed E-state index contributed by atoms with van der Waals surface area (Å²) in [5.74, 6) is 0. The first-order valence-corrected chi connectivity index (χ1v) is 12.5. The molecule has 3 aromatic rings. The molecule has 0 aliphatic heterocycles. The van der Waals surface area contributed by atoms with Crippen molar-refractivity contribution in [1.29, 1.82) is 0 Å². The Hall–Kier alpha value is -2.43. The summed E-state index contributed by atoms with van der Waals surface area (Å²) in [6, 6.07) is 7.38. The fraction of sp³-hybridized carbons (Fsp3) is 0.286. The fourth-order valence-electron chi connectivity index (χ4n) is 3.04. The number of hydrogen-bond donors (Lipinski definition) is 0. The van der Waals surface area contributed by atoms with Crippen LogP contribution in [0.15, 0.2) is 50.8 Å². The maximum absolute atomic E-state index is 13.4. The van der Waals surface area contributed by atoms with Gasteiger partial charge in [-0.3, -0.25) is 4.79 Å². The van der Waals surface area contributed by atoms with Gasteiger partial charge in [-0.2, -0.15) is 9.69 Å². The molecule has 170 valence electrons. The molecule has 11 heteroatoms. The topological polar surface area (TPSA) is 98.6 Å². The lowest BCUT2D eigenvalue weighted by atomic mass is 10.2. The van der Waals surface area contributed by atoms with Gasteiger partial charge >= 0.3 is 6.09 Å². The van der Waals surface area contributed by atoms with Crippen LogP contribution in [-0.2, 0) is 14.6 Å². The van der Waals surface area contributed by atoms with Gasteiger partial charge < -0.3 is 4.74 Å². The summed E-state index contributed by atoms with van der Waals surface area (Å²) < 4.78 is 31.9. The molecule has 3 rings (SSSR count). The smallest absolute Gasteiger partial charge is 0.434 e. The Morgan fingerprint density at radius 1 is 1.22 bits per heavy atom. The second-order valence-corrected chi connectivity index (χ2v) is 11.5. The van der Waals surface area contributed by atoms with E-state index in [0.717, 1.165) is 27.8 Å². The highest BCUT2D eigenvalue weighted by molar-refractivity contribution is 9.10. The van der Waals surface area contributed by atoms with E-state index in [0.29, 0.717) is 9.99 Å². The number of carbonyl (C=O) groups excluding carboxylic acids is 1. The molecule has 0 aliphatic carbocycles. The van der Waals surface area contributed by atoms with Crippen molar-refractivity contribution in [2.75, 3.05) is 11.3 Å². The number of ether oxygens (including phenoxy) is 1. The largest absolute Gasteiger partial charge is 0.442 e. The molecule has 0 fully saturated rings. The van der Waals surface area contributed by atoms with Crippen molar-refractivity contribution >= 4 is 60.1 Å². The Kier molecular flexibility index (Phi) is 6.43. The molecule has 0 radical (unpaired) electrons. The first kappa shape index (κ1) is 24.2. The molecule has 0 bridgehead atoms. The highest BCUT2D eigenvalue weighted by Gasteiger charge is 2.30. The Balaban J connectivity index is 2.39. The van der Waals surface area contributed by atoms with Gasteiger partial charge in [0.05, 0.1) is 21.5 Å². The molecule has 0 spiro atoms. The predicted molar refractivity (Wildman–Crippen MR) is 127 cm³/mol. The van der Waals surface area contributed by atoms with Gasteiger partial charge in [-0.05, 0) is 79.5 Å². The van der Waals surface area contributed by atoms with E-state index in [1.807, 2.05) is 13.0 Å². The molecule has 0 N–H and O–H groups in total. The first-order valence-electron chi connectivity index (χ1n) is 9.39. The van der Waals surface area contributed by atoms with Crippen LogP contribution in [0.2, 0.25) is 5.02 Å². The Morgan fingerprint density at radius 2 is 1.88 bits per heavy atom. The van der Waals surface area contributed by atoms with E-state index in [-0.39, 0.29) is 21.0 Å². The average molecular weight is 543 g/mol. The summed E-state index contributed by atoms with van der Waals surface area (Å²) in [5.41, 5.74) is -0.458. The van der Waals surface area contributed by atoms with E-state index in [2.05, 4.69) is 20.9 Å². The lowest BCUT2D eigenvalue weighted by Gasteiger charge is -2.29. The van der Waals surface area contributed by atoms with E-state index in [9.17, 15) is 18.0 Å². The van der Waals surface area contributed by atoms with Crippen LogP contribution in [0.5, 0.6) is 0 Å². The van der Waals surface area contributed by atoms with Gasteiger partial charge in [0.25, 0.3) is 5.56 Å². The number of sulfone groups is 1. The fourth-order valence-corrected chi connectivity index (χ4v) is 4.72. The summed E-state index contributed by atoms with van der Waals surface area (Å²) in [6.07, 6.45) is 1.16. The zero-order valence-corrected chi connectivity index (χ0v) is 21.2. The van der Waals surface area contributed by atoms with E-state index in [1.54, 1.807) is 26.8 Å². The SMILES string of the molecule is Cc1cc(Br)c2ncn(N(C(=O)OC(C)(C)C)c3cc(Cl)ccc3S(C)(=O)=O)c(=O)c2c1. The number of benzene rings is 2. The quantitative estimate of drug-likeness (QED) is 0.475. The number of aryl methyl sites for hydroxylation is 1. The summed E-state index contributed by atoms with van der Waals surface area (Å²) >= 11 is 9.52. The van der Waals surface area contributed by atoms with Crippen LogP contribution in [0.4, 0.5) is 10.5 Å². The van der Waals surface area contributed by atoms with Gasteiger partial charge in [0.2, 0.25) is 0 Å². The summed E-state index contributed by atoms with van der Waals surface area (Å²) in [7, 11) is -3.80. The molecule has 32 heavy (non-hydrogen) atoms. The van der Waals surface area contributed by atoms with Crippen molar-refractivity contribution in [3.63, 3.8) is 0 Å². The maximum Gasteiger partial charge on any atom is 0.434 e. The van der Waals surface area contributed by atoms with Crippen LogP contribution in [0.25, 0.3) is 10.9 Å². The second-order valence-electron chi connectivity index (χ2n) is 8.21. The van der Waals surface area contributed by atoms with E-state index in [4.69, 9.17) is 16.3 Å². The third-order valence-electron chi connectivity index (χ3n) is 4.27. The standard InChI is InChI=1S/C21H21BrClN3O5S/c1-12-8-14-18(15(22)9-12)24-11-25(19(14)27)26(20(28)31-21(2,3)4)16-10-13(23)6-7-17(16)32(5,29)30/h6-11H,1-5H3.